The van der Waals surface area contributed by atoms with Crippen molar-refractivity contribution in [2.45, 2.75) is 38.5 Å². The molecule has 0 aliphatic rings. The third kappa shape index (κ3) is 4.06. The van der Waals surface area contributed by atoms with Crippen LogP contribution in [0.5, 0.6) is 0 Å². The Balaban J connectivity index is 2.37. The summed E-state index contributed by atoms with van der Waals surface area (Å²) >= 11 is 1.67. The van der Waals surface area contributed by atoms with Gasteiger partial charge in [0.2, 0.25) is 0 Å². The van der Waals surface area contributed by atoms with Gasteiger partial charge in [0, 0.05) is 12.8 Å². The molecule has 0 aliphatic heterocycles. The fourth-order valence-electron chi connectivity index (χ4n) is 1.44. The number of hydrogen-bond acceptors (Lipinski definition) is 4. The van der Waals surface area contributed by atoms with Gasteiger partial charge in [-0.05, 0) is 26.7 Å². The Morgan fingerprint density at radius 3 is 2.82 bits per heavy atom. The average Bonchev–Trinajstić information content (AvgIpc) is 2.66. The molecule has 0 saturated heterocycles. The minimum absolute atomic E-state index is 0.0194. The SMILES string of the molecule is Cn1c(CO)cnc1SCCCC(C)(C)C#N. The van der Waals surface area contributed by atoms with Crippen LogP contribution in [0.4, 0.5) is 0 Å². The summed E-state index contributed by atoms with van der Waals surface area (Å²) in [7, 11) is 1.90. The van der Waals surface area contributed by atoms with Crippen molar-refractivity contribution in [3.63, 3.8) is 0 Å². The lowest BCUT2D eigenvalue weighted by Gasteiger charge is -2.13. The van der Waals surface area contributed by atoms with Crippen molar-refractivity contribution in [2.75, 3.05) is 5.75 Å². The molecule has 1 N–H and O–H groups in total. The number of nitrogens with zero attached hydrogens (tertiary/aromatic N) is 3. The van der Waals surface area contributed by atoms with Gasteiger partial charge in [0.05, 0.1) is 30.0 Å². The first kappa shape index (κ1) is 14.1. The van der Waals surface area contributed by atoms with E-state index in [0.717, 1.165) is 29.4 Å². The van der Waals surface area contributed by atoms with Crippen molar-refractivity contribution in [3.05, 3.63) is 11.9 Å². The van der Waals surface area contributed by atoms with E-state index in [4.69, 9.17) is 10.4 Å². The molecule has 0 atom stereocenters. The van der Waals surface area contributed by atoms with Gasteiger partial charge in [-0.25, -0.2) is 4.98 Å². The quantitative estimate of drug-likeness (QED) is 0.624. The number of aliphatic hydroxyl groups is 1. The predicted molar refractivity (Wildman–Crippen MR) is 68.5 cm³/mol. The van der Waals surface area contributed by atoms with E-state index in [1.54, 1.807) is 18.0 Å². The zero-order chi connectivity index (χ0) is 12.9. The number of imidazole rings is 1. The van der Waals surface area contributed by atoms with Crippen LogP contribution in [0.25, 0.3) is 0 Å². The van der Waals surface area contributed by atoms with E-state index in [9.17, 15) is 0 Å². The maximum Gasteiger partial charge on any atom is 0.167 e. The van der Waals surface area contributed by atoms with Crippen LogP contribution in [-0.2, 0) is 13.7 Å². The van der Waals surface area contributed by atoms with Crippen molar-refractivity contribution >= 4 is 11.8 Å². The number of hydrogen-bond donors (Lipinski definition) is 1. The van der Waals surface area contributed by atoms with Gasteiger partial charge in [0.15, 0.2) is 5.16 Å². The van der Waals surface area contributed by atoms with E-state index in [2.05, 4.69) is 11.1 Å². The molecule has 1 rings (SSSR count). The lowest BCUT2D eigenvalue weighted by Crippen LogP contribution is -2.07. The maximum absolute atomic E-state index is 9.04. The molecule has 0 saturated carbocycles. The van der Waals surface area contributed by atoms with Gasteiger partial charge in [0.25, 0.3) is 0 Å². The van der Waals surface area contributed by atoms with Gasteiger partial charge in [-0.2, -0.15) is 5.26 Å². The topological polar surface area (TPSA) is 61.8 Å². The van der Waals surface area contributed by atoms with E-state index < -0.39 is 0 Å². The third-order valence-corrected chi connectivity index (χ3v) is 3.81. The summed E-state index contributed by atoms with van der Waals surface area (Å²) < 4.78 is 1.90. The standard InChI is InChI=1S/C12H19N3OS/c1-12(2,9-13)5-4-6-17-11-14-7-10(8-16)15(11)3/h7,16H,4-6,8H2,1-3H3. The molecule has 1 aromatic heterocycles. The Labute approximate surface area is 107 Å². The molecule has 0 aromatic carbocycles. The van der Waals surface area contributed by atoms with E-state index in [-0.39, 0.29) is 12.0 Å². The van der Waals surface area contributed by atoms with E-state index in [0.29, 0.717) is 0 Å². The number of thioether (sulfide) groups is 1. The Hall–Kier alpha value is -0.990. The molecular formula is C12H19N3OS. The molecular weight excluding hydrogens is 234 g/mol. The molecule has 5 heteroatoms. The van der Waals surface area contributed by atoms with Crippen LogP contribution in [0.2, 0.25) is 0 Å². The van der Waals surface area contributed by atoms with Crippen LogP contribution in [0.1, 0.15) is 32.4 Å². The second-order valence-electron chi connectivity index (χ2n) is 4.70. The normalized spacial score (nSPS) is 11.5. The Kier molecular flexibility index (Phi) is 5.03. The van der Waals surface area contributed by atoms with Gasteiger partial charge >= 0.3 is 0 Å². The second kappa shape index (κ2) is 6.08. The van der Waals surface area contributed by atoms with Gasteiger partial charge in [-0.1, -0.05) is 11.8 Å². The zero-order valence-corrected chi connectivity index (χ0v) is 11.4. The van der Waals surface area contributed by atoms with Gasteiger partial charge in [0.1, 0.15) is 0 Å². The molecule has 17 heavy (non-hydrogen) atoms. The van der Waals surface area contributed by atoms with Crippen molar-refractivity contribution in [2.24, 2.45) is 12.5 Å². The largest absolute Gasteiger partial charge is 0.390 e. The highest BCUT2D eigenvalue weighted by atomic mass is 32.2. The minimum atomic E-state index is -0.238. The van der Waals surface area contributed by atoms with Crippen LogP contribution >= 0.6 is 11.8 Å². The molecule has 94 valence electrons. The van der Waals surface area contributed by atoms with Crippen LogP contribution in [-0.4, -0.2) is 20.4 Å². The summed E-state index contributed by atoms with van der Waals surface area (Å²) in [6.45, 7) is 3.94. The van der Waals surface area contributed by atoms with Crippen LogP contribution in [0.15, 0.2) is 11.4 Å². The molecule has 1 heterocycles. The van der Waals surface area contributed by atoms with Gasteiger partial charge in [-0.15, -0.1) is 0 Å². The Morgan fingerprint density at radius 2 is 2.29 bits per heavy atom. The monoisotopic (exact) mass is 253 g/mol. The van der Waals surface area contributed by atoms with E-state index in [1.807, 2.05) is 25.5 Å². The number of aliphatic hydroxyl groups excluding tert-OH is 1. The highest BCUT2D eigenvalue weighted by Gasteiger charge is 2.15. The van der Waals surface area contributed by atoms with Gasteiger partial charge < -0.3 is 9.67 Å². The molecule has 0 radical (unpaired) electrons. The van der Waals surface area contributed by atoms with E-state index >= 15 is 0 Å². The number of nitriles is 1. The fraction of sp³-hybridized carbons (Fsp3) is 0.667. The molecule has 0 aliphatic carbocycles. The smallest absolute Gasteiger partial charge is 0.167 e. The second-order valence-corrected chi connectivity index (χ2v) is 5.76. The Morgan fingerprint density at radius 1 is 1.59 bits per heavy atom. The molecule has 0 spiro atoms. The van der Waals surface area contributed by atoms with Crippen LogP contribution in [0.3, 0.4) is 0 Å². The molecule has 1 aromatic rings. The predicted octanol–water partition coefficient (Wildman–Crippen LogP) is 2.33. The first-order chi connectivity index (χ1) is 8.00. The zero-order valence-electron chi connectivity index (χ0n) is 10.6. The lowest BCUT2D eigenvalue weighted by atomic mass is 9.90. The summed E-state index contributed by atoms with van der Waals surface area (Å²) in [6, 6.07) is 2.30. The van der Waals surface area contributed by atoms with Crippen molar-refractivity contribution in [3.8, 4) is 6.07 Å². The summed E-state index contributed by atoms with van der Waals surface area (Å²) in [4.78, 5) is 4.24. The summed E-state index contributed by atoms with van der Waals surface area (Å²) in [5.74, 6) is 0.945. The van der Waals surface area contributed by atoms with Gasteiger partial charge in [-0.3, -0.25) is 0 Å². The highest BCUT2D eigenvalue weighted by Crippen LogP contribution is 2.24. The van der Waals surface area contributed by atoms with Crippen LogP contribution < -0.4 is 0 Å². The number of aromatic nitrogens is 2. The van der Waals surface area contributed by atoms with Crippen molar-refractivity contribution < 1.29 is 5.11 Å². The van der Waals surface area contributed by atoms with E-state index in [1.165, 1.54) is 0 Å². The average molecular weight is 253 g/mol. The molecule has 0 bridgehead atoms. The first-order valence-electron chi connectivity index (χ1n) is 5.65. The van der Waals surface area contributed by atoms with Crippen molar-refractivity contribution in [1.29, 1.82) is 5.26 Å². The number of rotatable bonds is 6. The summed E-state index contributed by atoms with van der Waals surface area (Å²) in [5.41, 5.74) is 0.586. The minimum Gasteiger partial charge on any atom is -0.390 e. The summed E-state index contributed by atoms with van der Waals surface area (Å²) in [6.07, 6.45) is 3.59. The van der Waals surface area contributed by atoms with Crippen LogP contribution in [0, 0.1) is 16.7 Å². The maximum atomic E-state index is 9.04. The lowest BCUT2D eigenvalue weighted by molar-refractivity contribution is 0.271. The third-order valence-electron chi connectivity index (χ3n) is 2.68. The Bertz CT molecular complexity index is 406. The molecule has 0 fully saturated rings. The molecule has 0 unspecified atom stereocenters. The molecule has 4 nitrogen and oxygen atoms in total. The fourth-order valence-corrected chi connectivity index (χ4v) is 2.35. The molecule has 0 amide bonds. The van der Waals surface area contributed by atoms with Crippen molar-refractivity contribution in [1.82, 2.24) is 9.55 Å². The first-order valence-corrected chi connectivity index (χ1v) is 6.64. The summed E-state index contributed by atoms with van der Waals surface area (Å²) in [5, 5.41) is 18.8. The highest BCUT2D eigenvalue weighted by molar-refractivity contribution is 7.99.